The van der Waals surface area contributed by atoms with Crippen molar-refractivity contribution >= 4 is 28.9 Å². The van der Waals surface area contributed by atoms with Crippen LogP contribution in [0.25, 0.3) is 0 Å². The van der Waals surface area contributed by atoms with Crippen molar-refractivity contribution in [3.63, 3.8) is 0 Å². The first-order valence-corrected chi connectivity index (χ1v) is 6.88. The maximum absolute atomic E-state index is 13.0. The molecule has 0 aliphatic rings. The lowest BCUT2D eigenvalue weighted by Crippen LogP contribution is -2.20. The van der Waals surface area contributed by atoms with Crippen LogP contribution in [0.15, 0.2) is 36.4 Å². The van der Waals surface area contributed by atoms with Crippen LogP contribution in [-0.4, -0.2) is 17.4 Å². The summed E-state index contributed by atoms with van der Waals surface area (Å²) in [4.78, 5) is 22.2. The molecule has 0 saturated carbocycles. The third-order valence-electron chi connectivity index (χ3n) is 3.04. The summed E-state index contributed by atoms with van der Waals surface area (Å²) >= 11 is 5.61. The van der Waals surface area contributed by atoms with Gasteiger partial charge in [-0.25, -0.2) is 4.39 Å². The number of anilines is 1. The Morgan fingerprint density at radius 1 is 1.39 bits per heavy atom. The maximum atomic E-state index is 13.0. The van der Waals surface area contributed by atoms with Crippen LogP contribution >= 0.6 is 11.6 Å². The number of nitro groups is 1. The fraction of sp³-hybridized carbons (Fsp3) is 0.133. The SMILES string of the molecule is Cc1c(NC(=O)COc2ccc(F)c(Cl)c2)cccc1[N+](=O)[O-]. The van der Waals surface area contributed by atoms with Crippen LogP contribution in [0.4, 0.5) is 15.8 Å². The van der Waals surface area contributed by atoms with Gasteiger partial charge in [0.15, 0.2) is 6.61 Å². The van der Waals surface area contributed by atoms with Gasteiger partial charge in [-0.2, -0.15) is 0 Å². The Morgan fingerprint density at radius 3 is 2.78 bits per heavy atom. The summed E-state index contributed by atoms with van der Waals surface area (Å²) in [6, 6.07) is 8.09. The lowest BCUT2D eigenvalue weighted by Gasteiger charge is -2.10. The molecule has 0 bridgehead atoms. The number of hydrogen-bond donors (Lipinski definition) is 1. The summed E-state index contributed by atoms with van der Waals surface area (Å²) < 4.78 is 18.2. The second kappa shape index (κ2) is 7.06. The number of rotatable bonds is 5. The second-order valence-corrected chi connectivity index (χ2v) is 5.03. The zero-order valence-electron chi connectivity index (χ0n) is 12.0. The van der Waals surface area contributed by atoms with Gasteiger partial charge in [-0.1, -0.05) is 17.7 Å². The summed E-state index contributed by atoms with van der Waals surface area (Å²) in [6.07, 6.45) is 0. The highest BCUT2D eigenvalue weighted by Crippen LogP contribution is 2.25. The Kier molecular flexibility index (Phi) is 5.13. The molecule has 0 atom stereocenters. The van der Waals surface area contributed by atoms with E-state index in [1.54, 1.807) is 6.07 Å². The predicted molar refractivity (Wildman–Crippen MR) is 83.4 cm³/mol. The van der Waals surface area contributed by atoms with Crippen LogP contribution in [0.3, 0.4) is 0 Å². The lowest BCUT2D eigenvalue weighted by molar-refractivity contribution is -0.385. The minimum atomic E-state index is -0.587. The number of nitrogens with one attached hydrogen (secondary N) is 1. The van der Waals surface area contributed by atoms with Gasteiger partial charge in [0.05, 0.1) is 21.2 Å². The smallest absolute Gasteiger partial charge is 0.274 e. The molecule has 2 aromatic rings. The van der Waals surface area contributed by atoms with Crippen molar-refractivity contribution in [1.29, 1.82) is 0 Å². The van der Waals surface area contributed by atoms with Crippen molar-refractivity contribution in [3.8, 4) is 5.75 Å². The molecule has 0 fully saturated rings. The molecule has 120 valence electrons. The van der Waals surface area contributed by atoms with E-state index in [0.29, 0.717) is 11.3 Å². The number of nitrogens with zero attached hydrogens (tertiary/aromatic N) is 1. The number of carbonyl (C=O) groups excluding carboxylic acids is 1. The van der Waals surface area contributed by atoms with Crippen molar-refractivity contribution < 1.29 is 18.8 Å². The second-order valence-electron chi connectivity index (χ2n) is 4.62. The summed E-state index contributed by atoms with van der Waals surface area (Å²) in [5.41, 5.74) is 0.578. The molecule has 1 amide bonds. The minimum Gasteiger partial charge on any atom is -0.484 e. The number of carbonyl (C=O) groups is 1. The van der Waals surface area contributed by atoms with E-state index in [2.05, 4.69) is 5.32 Å². The average Bonchev–Trinajstić information content (AvgIpc) is 2.50. The Morgan fingerprint density at radius 2 is 2.13 bits per heavy atom. The molecule has 2 aromatic carbocycles. The molecule has 0 aliphatic carbocycles. The molecule has 8 heteroatoms. The Labute approximate surface area is 136 Å². The molecule has 1 N–H and O–H groups in total. The predicted octanol–water partition coefficient (Wildman–Crippen LogP) is 3.71. The number of benzene rings is 2. The monoisotopic (exact) mass is 338 g/mol. The highest BCUT2D eigenvalue weighted by Gasteiger charge is 2.15. The van der Waals surface area contributed by atoms with Crippen molar-refractivity contribution in [2.45, 2.75) is 6.92 Å². The van der Waals surface area contributed by atoms with Crippen molar-refractivity contribution in [1.82, 2.24) is 0 Å². The third kappa shape index (κ3) is 4.17. The number of hydrogen-bond acceptors (Lipinski definition) is 4. The summed E-state index contributed by atoms with van der Waals surface area (Å²) in [7, 11) is 0. The van der Waals surface area contributed by atoms with Crippen LogP contribution in [-0.2, 0) is 4.79 Å². The van der Waals surface area contributed by atoms with E-state index in [0.717, 1.165) is 6.07 Å². The van der Waals surface area contributed by atoms with Gasteiger partial charge in [0.2, 0.25) is 0 Å². The average molecular weight is 339 g/mol. The van der Waals surface area contributed by atoms with Gasteiger partial charge >= 0.3 is 0 Å². The molecule has 23 heavy (non-hydrogen) atoms. The standard InChI is InChI=1S/C15H12ClFN2O4/c1-9-13(3-2-4-14(9)19(21)22)18-15(20)8-23-10-5-6-12(17)11(16)7-10/h2-7H,8H2,1H3,(H,18,20). The van der Waals surface area contributed by atoms with Crippen LogP contribution in [0.5, 0.6) is 5.75 Å². The largest absolute Gasteiger partial charge is 0.484 e. The Balaban J connectivity index is 2.01. The first kappa shape index (κ1) is 16.7. The molecule has 6 nitrogen and oxygen atoms in total. The highest BCUT2D eigenvalue weighted by atomic mass is 35.5. The zero-order valence-corrected chi connectivity index (χ0v) is 12.8. The van der Waals surface area contributed by atoms with Crippen molar-refractivity contribution in [2.75, 3.05) is 11.9 Å². The highest BCUT2D eigenvalue weighted by molar-refractivity contribution is 6.30. The number of nitro benzene ring substituents is 1. The van der Waals surface area contributed by atoms with Gasteiger partial charge in [-0.15, -0.1) is 0 Å². The zero-order chi connectivity index (χ0) is 17.0. The van der Waals surface area contributed by atoms with E-state index >= 15 is 0 Å². The quantitative estimate of drug-likeness (QED) is 0.665. The van der Waals surface area contributed by atoms with Crippen LogP contribution in [0.2, 0.25) is 5.02 Å². The van der Waals surface area contributed by atoms with Crippen LogP contribution in [0, 0.1) is 22.9 Å². The van der Waals surface area contributed by atoms with Gasteiger partial charge in [0.25, 0.3) is 11.6 Å². The third-order valence-corrected chi connectivity index (χ3v) is 3.33. The molecule has 0 radical (unpaired) electrons. The molecular weight excluding hydrogens is 327 g/mol. The molecular formula is C15H12ClFN2O4. The molecule has 0 aromatic heterocycles. The molecule has 2 rings (SSSR count). The van der Waals surface area contributed by atoms with Crippen LogP contribution < -0.4 is 10.1 Å². The van der Waals surface area contributed by atoms with E-state index in [1.807, 2.05) is 0 Å². The molecule has 0 spiro atoms. The normalized spacial score (nSPS) is 10.2. The van der Waals surface area contributed by atoms with Gasteiger partial charge in [-0.3, -0.25) is 14.9 Å². The van der Waals surface area contributed by atoms with E-state index in [1.165, 1.54) is 31.2 Å². The first-order valence-electron chi connectivity index (χ1n) is 6.50. The minimum absolute atomic E-state index is 0.0889. The summed E-state index contributed by atoms with van der Waals surface area (Å²) in [6.45, 7) is 1.19. The Bertz CT molecular complexity index is 767. The van der Waals surface area contributed by atoms with Gasteiger partial charge < -0.3 is 10.1 Å². The van der Waals surface area contributed by atoms with E-state index in [4.69, 9.17) is 16.3 Å². The molecule has 0 heterocycles. The van der Waals surface area contributed by atoms with Crippen molar-refractivity contribution in [3.05, 3.63) is 62.9 Å². The van der Waals surface area contributed by atoms with Gasteiger partial charge in [0, 0.05) is 12.1 Å². The number of ether oxygens (including phenoxy) is 1. The van der Waals surface area contributed by atoms with Gasteiger partial charge in [0.1, 0.15) is 11.6 Å². The fourth-order valence-corrected chi connectivity index (χ4v) is 2.03. The summed E-state index contributed by atoms with van der Waals surface area (Å²) in [5, 5.41) is 13.3. The van der Waals surface area contributed by atoms with Crippen molar-refractivity contribution in [2.24, 2.45) is 0 Å². The molecule has 0 saturated heterocycles. The van der Waals surface area contributed by atoms with E-state index in [-0.39, 0.29) is 23.1 Å². The lowest BCUT2D eigenvalue weighted by atomic mass is 10.1. The van der Waals surface area contributed by atoms with E-state index < -0.39 is 16.6 Å². The number of halogens is 2. The molecule has 0 unspecified atom stereocenters. The van der Waals surface area contributed by atoms with Crippen LogP contribution in [0.1, 0.15) is 5.56 Å². The van der Waals surface area contributed by atoms with Gasteiger partial charge in [-0.05, 0) is 25.1 Å². The first-order chi connectivity index (χ1) is 10.9. The number of amides is 1. The molecule has 0 aliphatic heterocycles. The summed E-state index contributed by atoms with van der Waals surface area (Å²) in [5.74, 6) is -0.855. The Hall–Kier alpha value is -2.67. The van der Waals surface area contributed by atoms with E-state index in [9.17, 15) is 19.3 Å². The maximum Gasteiger partial charge on any atom is 0.274 e. The fourth-order valence-electron chi connectivity index (χ4n) is 1.86. The topological polar surface area (TPSA) is 81.5 Å².